The molecule has 0 spiro atoms. The van der Waals surface area contributed by atoms with E-state index < -0.39 is 0 Å². The third-order valence-electron chi connectivity index (χ3n) is 5.25. The molecule has 0 unspecified atom stereocenters. The van der Waals surface area contributed by atoms with Crippen LogP contribution in [0.1, 0.15) is 43.4 Å². The van der Waals surface area contributed by atoms with Gasteiger partial charge in [0.1, 0.15) is 5.58 Å². The van der Waals surface area contributed by atoms with Crippen LogP contribution in [0.15, 0.2) is 27.9 Å². The molecule has 1 aromatic carbocycles. The molecule has 2 aliphatic heterocycles. The molecule has 0 fully saturated rings. The Kier molecular flexibility index (Phi) is 2.77. The van der Waals surface area contributed by atoms with Crippen LogP contribution in [0.4, 0.5) is 5.69 Å². The van der Waals surface area contributed by atoms with Crippen molar-refractivity contribution in [3.63, 3.8) is 0 Å². The largest absolute Gasteiger partial charge is 0.422 e. The Morgan fingerprint density at radius 2 is 2.14 bits per heavy atom. The van der Waals surface area contributed by atoms with Crippen LogP contribution >= 0.6 is 0 Å². The van der Waals surface area contributed by atoms with E-state index in [1.54, 1.807) is 6.08 Å². The summed E-state index contributed by atoms with van der Waals surface area (Å²) in [6.45, 7) is 10.5. The van der Waals surface area contributed by atoms with Crippen LogP contribution in [0.5, 0.6) is 0 Å². The number of rotatable bonds is 1. The Hall–Kier alpha value is -2.03. The highest BCUT2D eigenvalue weighted by Gasteiger charge is 2.35. The van der Waals surface area contributed by atoms with Gasteiger partial charge in [0.05, 0.1) is 5.56 Å². The van der Waals surface area contributed by atoms with Crippen molar-refractivity contribution >= 4 is 22.7 Å². The lowest BCUT2D eigenvalue weighted by atomic mass is 9.74. The first kappa shape index (κ1) is 13.6. The SMILES string of the molecule is C=Cc1cc2cc3c4c(c2oc1=O)CCCN4CCC3(C)C. The summed E-state index contributed by atoms with van der Waals surface area (Å²) in [5.41, 5.74) is 5.13. The molecule has 0 saturated carbocycles. The van der Waals surface area contributed by atoms with Gasteiger partial charge in [-0.1, -0.05) is 26.5 Å². The molecule has 0 bridgehead atoms. The van der Waals surface area contributed by atoms with Gasteiger partial charge in [-0.3, -0.25) is 0 Å². The zero-order valence-electron chi connectivity index (χ0n) is 13.2. The average Bonchev–Trinajstić information content (AvgIpc) is 2.50. The standard InChI is InChI=1S/C19H21NO2/c1-4-12-10-13-11-15-16-14(17(13)22-18(12)21)6-5-8-20(16)9-7-19(15,2)3/h4,10-11H,1,5-9H2,2-3H3. The summed E-state index contributed by atoms with van der Waals surface area (Å²) in [5, 5.41) is 1.03. The second-order valence-electron chi connectivity index (χ2n) is 7.09. The zero-order chi connectivity index (χ0) is 15.5. The van der Waals surface area contributed by atoms with Crippen molar-refractivity contribution < 1.29 is 4.42 Å². The summed E-state index contributed by atoms with van der Waals surface area (Å²) in [6, 6.07) is 4.15. The highest BCUT2D eigenvalue weighted by Crippen LogP contribution is 2.46. The van der Waals surface area contributed by atoms with Crippen LogP contribution in [0, 0.1) is 0 Å². The second-order valence-corrected chi connectivity index (χ2v) is 7.09. The molecular formula is C19H21NO2. The zero-order valence-corrected chi connectivity index (χ0v) is 13.2. The van der Waals surface area contributed by atoms with E-state index in [0.29, 0.717) is 5.56 Å². The number of nitrogens with zero attached hydrogens (tertiary/aromatic N) is 1. The van der Waals surface area contributed by atoms with E-state index in [0.717, 1.165) is 43.3 Å². The summed E-state index contributed by atoms with van der Waals surface area (Å²) in [7, 11) is 0. The molecule has 0 atom stereocenters. The van der Waals surface area contributed by atoms with E-state index in [-0.39, 0.29) is 11.0 Å². The summed E-state index contributed by atoms with van der Waals surface area (Å²) in [6.07, 6.45) is 4.85. The van der Waals surface area contributed by atoms with Gasteiger partial charge in [0.2, 0.25) is 0 Å². The molecule has 2 aromatic rings. The molecule has 0 N–H and O–H groups in total. The maximum Gasteiger partial charge on any atom is 0.343 e. The number of hydrogen-bond acceptors (Lipinski definition) is 3. The van der Waals surface area contributed by atoms with Gasteiger partial charge < -0.3 is 9.32 Å². The molecule has 2 aliphatic rings. The minimum absolute atomic E-state index is 0.163. The Balaban J connectivity index is 2.13. The molecule has 0 saturated heterocycles. The first-order valence-electron chi connectivity index (χ1n) is 8.03. The summed E-state index contributed by atoms with van der Waals surface area (Å²) in [4.78, 5) is 14.5. The first-order chi connectivity index (χ1) is 10.5. The fourth-order valence-corrected chi connectivity index (χ4v) is 3.92. The Labute approximate surface area is 130 Å². The molecule has 0 amide bonds. The molecule has 0 aliphatic carbocycles. The maximum atomic E-state index is 12.1. The Morgan fingerprint density at radius 1 is 1.32 bits per heavy atom. The van der Waals surface area contributed by atoms with E-state index in [9.17, 15) is 4.79 Å². The molecular weight excluding hydrogens is 274 g/mol. The van der Waals surface area contributed by atoms with Crippen molar-refractivity contribution in [2.24, 2.45) is 0 Å². The lowest BCUT2D eigenvalue weighted by Crippen LogP contribution is -2.40. The van der Waals surface area contributed by atoms with E-state index in [1.165, 1.54) is 16.8 Å². The number of anilines is 1. The Bertz CT molecular complexity index is 845. The van der Waals surface area contributed by atoms with Gasteiger partial charge in [-0.2, -0.15) is 0 Å². The quantitative estimate of drug-likeness (QED) is 0.749. The molecule has 1 aromatic heterocycles. The molecule has 114 valence electrons. The van der Waals surface area contributed by atoms with Gasteiger partial charge in [-0.05, 0) is 42.4 Å². The van der Waals surface area contributed by atoms with Crippen molar-refractivity contribution in [2.75, 3.05) is 18.0 Å². The third kappa shape index (κ3) is 1.78. The van der Waals surface area contributed by atoms with Gasteiger partial charge in [0, 0.05) is 29.7 Å². The molecule has 3 heterocycles. The third-order valence-corrected chi connectivity index (χ3v) is 5.25. The van der Waals surface area contributed by atoms with Gasteiger partial charge in [0.15, 0.2) is 0 Å². The minimum Gasteiger partial charge on any atom is -0.422 e. The van der Waals surface area contributed by atoms with Gasteiger partial charge in [-0.15, -0.1) is 0 Å². The Morgan fingerprint density at radius 3 is 2.91 bits per heavy atom. The maximum absolute atomic E-state index is 12.1. The second kappa shape index (κ2) is 4.48. The summed E-state index contributed by atoms with van der Waals surface area (Å²) in [5.74, 6) is 0. The highest BCUT2D eigenvalue weighted by atomic mass is 16.4. The number of aryl methyl sites for hydroxylation is 1. The van der Waals surface area contributed by atoms with Crippen LogP contribution in [-0.2, 0) is 11.8 Å². The van der Waals surface area contributed by atoms with Gasteiger partial charge in [0.25, 0.3) is 0 Å². The van der Waals surface area contributed by atoms with E-state index in [1.807, 2.05) is 6.07 Å². The van der Waals surface area contributed by atoms with Crippen LogP contribution < -0.4 is 10.5 Å². The average molecular weight is 295 g/mol. The van der Waals surface area contributed by atoms with Crippen molar-refractivity contribution in [3.8, 4) is 0 Å². The normalized spacial score (nSPS) is 19.1. The van der Waals surface area contributed by atoms with Crippen LogP contribution in [0.2, 0.25) is 0 Å². The highest BCUT2D eigenvalue weighted by molar-refractivity contribution is 5.90. The van der Waals surface area contributed by atoms with Crippen LogP contribution in [0.3, 0.4) is 0 Å². The summed E-state index contributed by atoms with van der Waals surface area (Å²) >= 11 is 0. The molecule has 22 heavy (non-hydrogen) atoms. The van der Waals surface area contributed by atoms with Gasteiger partial charge in [-0.25, -0.2) is 4.79 Å². The van der Waals surface area contributed by atoms with Crippen molar-refractivity contribution in [1.82, 2.24) is 0 Å². The van der Waals surface area contributed by atoms with Crippen molar-refractivity contribution in [3.05, 3.63) is 45.8 Å². The van der Waals surface area contributed by atoms with Crippen LogP contribution in [0.25, 0.3) is 17.0 Å². The predicted molar refractivity (Wildman–Crippen MR) is 90.8 cm³/mol. The number of benzene rings is 1. The monoisotopic (exact) mass is 295 g/mol. The summed E-state index contributed by atoms with van der Waals surface area (Å²) < 4.78 is 5.67. The molecule has 3 heteroatoms. The fourth-order valence-electron chi connectivity index (χ4n) is 3.92. The first-order valence-corrected chi connectivity index (χ1v) is 8.03. The minimum atomic E-state index is -0.286. The topological polar surface area (TPSA) is 33.5 Å². The fraction of sp³-hybridized carbons (Fsp3) is 0.421. The van der Waals surface area contributed by atoms with Crippen molar-refractivity contribution in [1.29, 1.82) is 0 Å². The van der Waals surface area contributed by atoms with Crippen molar-refractivity contribution in [2.45, 2.75) is 38.5 Å². The van der Waals surface area contributed by atoms with E-state index in [2.05, 4.69) is 31.4 Å². The van der Waals surface area contributed by atoms with Gasteiger partial charge >= 0.3 is 5.63 Å². The van der Waals surface area contributed by atoms with E-state index in [4.69, 9.17) is 4.42 Å². The lowest BCUT2D eigenvalue weighted by molar-refractivity contribution is 0.444. The molecule has 4 rings (SSSR count). The lowest BCUT2D eigenvalue weighted by Gasteiger charge is -2.43. The predicted octanol–water partition coefficient (Wildman–Crippen LogP) is 3.87. The smallest absolute Gasteiger partial charge is 0.343 e. The molecule has 3 nitrogen and oxygen atoms in total. The number of fused-ring (bicyclic) bond motifs is 2. The van der Waals surface area contributed by atoms with Crippen LogP contribution in [-0.4, -0.2) is 13.1 Å². The molecule has 0 radical (unpaired) electrons. The number of hydrogen-bond donors (Lipinski definition) is 0. The van der Waals surface area contributed by atoms with E-state index >= 15 is 0 Å².